The zero-order valence-electron chi connectivity index (χ0n) is 10.7. The van der Waals surface area contributed by atoms with Gasteiger partial charge in [-0.05, 0) is 39.8 Å². The molecular formula is C12H19N3S2. The van der Waals surface area contributed by atoms with E-state index in [-0.39, 0.29) is 0 Å². The molecule has 1 heterocycles. The Morgan fingerprint density at radius 2 is 1.94 bits per heavy atom. The minimum atomic E-state index is 0.382. The predicted molar refractivity (Wildman–Crippen MR) is 79.2 cm³/mol. The highest BCUT2D eigenvalue weighted by molar-refractivity contribution is 8.23. The van der Waals surface area contributed by atoms with Crippen molar-refractivity contribution in [1.82, 2.24) is 9.88 Å². The second-order valence-corrected chi connectivity index (χ2v) is 6.03. The Kier molecular flexibility index (Phi) is 5.21. The SMILES string of the molecule is CC(C)N(C(=S)Sc1cccnc1N)C(C)C. The summed E-state index contributed by atoms with van der Waals surface area (Å²) < 4.78 is 0.842. The van der Waals surface area contributed by atoms with Crippen LogP contribution in [0.1, 0.15) is 27.7 Å². The quantitative estimate of drug-likeness (QED) is 0.674. The van der Waals surface area contributed by atoms with Crippen LogP contribution in [0.5, 0.6) is 0 Å². The monoisotopic (exact) mass is 269 g/mol. The molecular weight excluding hydrogens is 250 g/mol. The summed E-state index contributed by atoms with van der Waals surface area (Å²) >= 11 is 6.98. The van der Waals surface area contributed by atoms with Gasteiger partial charge in [0.05, 0.1) is 4.90 Å². The minimum absolute atomic E-state index is 0.382. The van der Waals surface area contributed by atoms with E-state index in [1.54, 1.807) is 6.20 Å². The van der Waals surface area contributed by atoms with Gasteiger partial charge in [0.2, 0.25) is 0 Å². The van der Waals surface area contributed by atoms with Gasteiger partial charge in [0.1, 0.15) is 10.1 Å². The lowest BCUT2D eigenvalue weighted by Gasteiger charge is -2.32. The van der Waals surface area contributed by atoms with E-state index in [0.717, 1.165) is 9.22 Å². The lowest BCUT2D eigenvalue weighted by molar-refractivity contribution is 0.303. The molecule has 94 valence electrons. The van der Waals surface area contributed by atoms with Gasteiger partial charge in [0, 0.05) is 18.3 Å². The molecule has 0 bridgehead atoms. The van der Waals surface area contributed by atoms with Crippen LogP contribution >= 0.6 is 24.0 Å². The smallest absolute Gasteiger partial charge is 0.141 e. The highest BCUT2D eigenvalue weighted by atomic mass is 32.2. The van der Waals surface area contributed by atoms with E-state index in [4.69, 9.17) is 18.0 Å². The largest absolute Gasteiger partial charge is 0.383 e. The third-order valence-electron chi connectivity index (χ3n) is 2.32. The minimum Gasteiger partial charge on any atom is -0.383 e. The second kappa shape index (κ2) is 6.21. The first-order valence-electron chi connectivity index (χ1n) is 5.64. The first-order chi connectivity index (χ1) is 7.93. The van der Waals surface area contributed by atoms with E-state index >= 15 is 0 Å². The van der Waals surface area contributed by atoms with Crippen molar-refractivity contribution in [3.05, 3.63) is 18.3 Å². The molecule has 0 aliphatic heterocycles. The topological polar surface area (TPSA) is 42.2 Å². The van der Waals surface area contributed by atoms with Crippen LogP contribution in [0.25, 0.3) is 0 Å². The maximum atomic E-state index is 5.81. The van der Waals surface area contributed by atoms with Gasteiger partial charge >= 0.3 is 0 Å². The predicted octanol–water partition coefficient (Wildman–Crippen LogP) is 3.16. The van der Waals surface area contributed by atoms with Gasteiger partial charge in [-0.1, -0.05) is 24.0 Å². The summed E-state index contributed by atoms with van der Waals surface area (Å²) in [6.45, 7) is 8.55. The number of anilines is 1. The molecule has 0 aliphatic rings. The number of pyridine rings is 1. The molecule has 0 amide bonds. The van der Waals surface area contributed by atoms with Crippen LogP contribution in [0, 0.1) is 0 Å². The summed E-state index contributed by atoms with van der Waals surface area (Å²) in [5, 5.41) is 0. The van der Waals surface area contributed by atoms with Gasteiger partial charge in [0.15, 0.2) is 0 Å². The van der Waals surface area contributed by atoms with Crippen LogP contribution in [0.3, 0.4) is 0 Å². The van der Waals surface area contributed by atoms with Crippen molar-refractivity contribution in [3.8, 4) is 0 Å². The number of nitrogen functional groups attached to an aromatic ring is 1. The van der Waals surface area contributed by atoms with Crippen molar-refractivity contribution in [3.63, 3.8) is 0 Å². The molecule has 0 saturated carbocycles. The van der Waals surface area contributed by atoms with Crippen molar-refractivity contribution < 1.29 is 0 Å². The molecule has 5 heteroatoms. The molecule has 0 unspecified atom stereocenters. The Morgan fingerprint density at radius 3 is 2.41 bits per heavy atom. The third-order valence-corrected chi connectivity index (χ3v) is 3.73. The molecule has 0 saturated heterocycles. The average molecular weight is 269 g/mol. The fourth-order valence-corrected chi connectivity index (χ4v) is 3.36. The Hall–Kier alpha value is -0.810. The maximum absolute atomic E-state index is 5.81. The average Bonchev–Trinajstić information content (AvgIpc) is 2.20. The summed E-state index contributed by atoms with van der Waals surface area (Å²) in [7, 11) is 0. The molecule has 0 radical (unpaired) electrons. The highest BCUT2D eigenvalue weighted by Gasteiger charge is 2.18. The summed E-state index contributed by atoms with van der Waals surface area (Å²) in [4.78, 5) is 7.18. The Morgan fingerprint density at radius 1 is 1.35 bits per heavy atom. The van der Waals surface area contributed by atoms with E-state index in [2.05, 4.69) is 37.6 Å². The van der Waals surface area contributed by atoms with Crippen molar-refractivity contribution in [2.24, 2.45) is 0 Å². The number of aromatic nitrogens is 1. The van der Waals surface area contributed by atoms with E-state index in [0.29, 0.717) is 17.9 Å². The lowest BCUT2D eigenvalue weighted by atomic mass is 10.2. The number of rotatable bonds is 3. The molecule has 1 aromatic rings. The first kappa shape index (κ1) is 14.3. The maximum Gasteiger partial charge on any atom is 0.141 e. The number of nitrogens with two attached hydrogens (primary N) is 1. The zero-order valence-corrected chi connectivity index (χ0v) is 12.3. The molecule has 2 N–H and O–H groups in total. The fraction of sp³-hybridized carbons (Fsp3) is 0.500. The number of thiocarbonyl (C=S) groups is 1. The molecule has 1 aromatic heterocycles. The molecule has 0 fully saturated rings. The molecule has 3 nitrogen and oxygen atoms in total. The summed E-state index contributed by atoms with van der Waals surface area (Å²) in [6.07, 6.45) is 1.69. The van der Waals surface area contributed by atoms with E-state index in [1.165, 1.54) is 11.8 Å². The number of thioether (sulfide) groups is 1. The van der Waals surface area contributed by atoms with Crippen molar-refractivity contribution >= 4 is 34.1 Å². The Bertz CT molecular complexity index is 383. The van der Waals surface area contributed by atoms with Gasteiger partial charge < -0.3 is 10.6 Å². The molecule has 0 aliphatic carbocycles. The Labute approximate surface area is 113 Å². The van der Waals surface area contributed by atoms with Gasteiger partial charge in [-0.2, -0.15) is 0 Å². The number of nitrogens with zero attached hydrogens (tertiary/aromatic N) is 2. The molecule has 1 rings (SSSR count). The highest BCUT2D eigenvalue weighted by Crippen LogP contribution is 2.27. The van der Waals surface area contributed by atoms with Crippen molar-refractivity contribution in [2.45, 2.75) is 44.7 Å². The standard InChI is InChI=1S/C12H19N3S2/c1-8(2)15(9(3)4)12(16)17-10-6-5-7-14-11(10)13/h5-9H,1-4H3,(H2,13,14). The third kappa shape index (κ3) is 3.85. The molecule has 0 spiro atoms. The first-order valence-corrected chi connectivity index (χ1v) is 6.86. The summed E-state index contributed by atoms with van der Waals surface area (Å²) in [6, 6.07) is 4.58. The normalized spacial score (nSPS) is 10.9. The molecule has 0 atom stereocenters. The molecule has 0 aromatic carbocycles. The number of hydrogen-bond donors (Lipinski definition) is 1. The van der Waals surface area contributed by atoms with E-state index in [9.17, 15) is 0 Å². The van der Waals surface area contributed by atoms with Crippen LogP contribution in [-0.4, -0.2) is 26.3 Å². The zero-order chi connectivity index (χ0) is 13.0. The number of hydrogen-bond acceptors (Lipinski definition) is 4. The van der Waals surface area contributed by atoms with Gasteiger partial charge in [0.25, 0.3) is 0 Å². The van der Waals surface area contributed by atoms with Crippen molar-refractivity contribution in [2.75, 3.05) is 5.73 Å². The second-order valence-electron chi connectivity index (χ2n) is 4.35. The van der Waals surface area contributed by atoms with E-state index in [1.807, 2.05) is 12.1 Å². The van der Waals surface area contributed by atoms with Gasteiger partial charge in [-0.15, -0.1) is 0 Å². The van der Waals surface area contributed by atoms with Crippen molar-refractivity contribution in [1.29, 1.82) is 0 Å². The van der Waals surface area contributed by atoms with Crippen LogP contribution in [-0.2, 0) is 0 Å². The van der Waals surface area contributed by atoms with Gasteiger partial charge in [-0.25, -0.2) is 4.98 Å². The fourth-order valence-electron chi connectivity index (χ4n) is 1.65. The van der Waals surface area contributed by atoms with Crippen LogP contribution in [0.15, 0.2) is 23.2 Å². The summed E-state index contributed by atoms with van der Waals surface area (Å²) in [5.74, 6) is 0.535. The van der Waals surface area contributed by atoms with E-state index < -0.39 is 0 Å². The van der Waals surface area contributed by atoms with Crippen LogP contribution in [0.4, 0.5) is 5.82 Å². The molecule has 17 heavy (non-hydrogen) atoms. The van der Waals surface area contributed by atoms with Crippen LogP contribution in [0.2, 0.25) is 0 Å². The van der Waals surface area contributed by atoms with Gasteiger partial charge in [-0.3, -0.25) is 0 Å². The summed E-state index contributed by atoms with van der Waals surface area (Å²) in [5.41, 5.74) is 5.81. The van der Waals surface area contributed by atoms with Crippen LogP contribution < -0.4 is 5.73 Å². The lowest BCUT2D eigenvalue weighted by Crippen LogP contribution is -2.39. The Balaban J connectivity index is 2.81.